The number of aliphatic hydroxyl groups excluding tert-OH is 1. The highest BCUT2D eigenvalue weighted by Gasteiger charge is 2.49. The number of rotatable bonds is 5. The number of aliphatic hydroxyl groups is 1. The molecule has 1 aromatic carbocycles. The van der Waals surface area contributed by atoms with E-state index in [-0.39, 0.29) is 12.1 Å². The summed E-state index contributed by atoms with van der Waals surface area (Å²) in [5.74, 6) is 0.661. The summed E-state index contributed by atoms with van der Waals surface area (Å²) in [7, 11) is 1.62. The third-order valence-corrected chi connectivity index (χ3v) is 6.04. The summed E-state index contributed by atoms with van der Waals surface area (Å²) in [6.45, 7) is 1.25. The molecule has 0 amide bonds. The first-order valence-corrected chi connectivity index (χ1v) is 10.2. The summed E-state index contributed by atoms with van der Waals surface area (Å²) in [6, 6.07) is 9.50. The van der Waals surface area contributed by atoms with E-state index in [1.165, 1.54) is 32.1 Å². The molecule has 1 aliphatic carbocycles. The van der Waals surface area contributed by atoms with E-state index in [4.69, 9.17) is 18.9 Å². The molecule has 6 nitrogen and oxygen atoms in total. The average molecular weight is 377 g/mol. The number of hydrogen-bond donors (Lipinski definition) is 2. The van der Waals surface area contributed by atoms with Crippen molar-refractivity contribution in [2.75, 3.05) is 20.3 Å². The SMILES string of the molecule is CO[C@H]1O[C@@H]2CO[C@@H](c3ccccc3)O[C@H]2[C@@H](O)[C@@H]1NCC1CCCCC1. The second kappa shape index (κ2) is 8.99. The van der Waals surface area contributed by atoms with Crippen LogP contribution >= 0.6 is 0 Å². The minimum Gasteiger partial charge on any atom is -0.388 e. The number of hydrogen-bond acceptors (Lipinski definition) is 6. The standard InChI is InChI=1S/C21H31NO5/c1-24-21-17(22-12-14-8-4-2-5-9-14)18(23)19-16(26-21)13-25-20(27-19)15-10-6-3-7-11-15/h3,6-7,10-11,14,16-23H,2,4-5,8-9,12-13H2,1H3/t16-,17+,18+,19-,20-,21+/m1/s1. The monoisotopic (exact) mass is 377 g/mol. The fraction of sp³-hybridized carbons (Fsp3) is 0.714. The molecule has 2 saturated heterocycles. The second-order valence-electron chi connectivity index (χ2n) is 7.88. The van der Waals surface area contributed by atoms with Gasteiger partial charge in [-0.25, -0.2) is 0 Å². The first-order valence-electron chi connectivity index (χ1n) is 10.2. The van der Waals surface area contributed by atoms with Crippen molar-refractivity contribution >= 4 is 0 Å². The van der Waals surface area contributed by atoms with Crippen LogP contribution in [-0.4, -0.2) is 56.0 Å². The largest absolute Gasteiger partial charge is 0.388 e. The summed E-state index contributed by atoms with van der Waals surface area (Å²) in [4.78, 5) is 0. The molecule has 3 aliphatic rings. The smallest absolute Gasteiger partial charge is 0.184 e. The molecule has 0 bridgehead atoms. The van der Waals surface area contributed by atoms with Gasteiger partial charge in [-0.05, 0) is 25.3 Å². The zero-order chi connectivity index (χ0) is 18.6. The fourth-order valence-corrected chi connectivity index (χ4v) is 4.48. The molecule has 0 spiro atoms. The van der Waals surface area contributed by atoms with Crippen molar-refractivity contribution < 1.29 is 24.1 Å². The van der Waals surface area contributed by atoms with Crippen molar-refractivity contribution in [3.63, 3.8) is 0 Å². The highest BCUT2D eigenvalue weighted by Crippen LogP contribution is 2.34. The van der Waals surface area contributed by atoms with Crippen LogP contribution in [0.2, 0.25) is 0 Å². The van der Waals surface area contributed by atoms with E-state index in [1.54, 1.807) is 7.11 Å². The van der Waals surface area contributed by atoms with E-state index in [0.29, 0.717) is 12.5 Å². The van der Waals surface area contributed by atoms with Crippen LogP contribution in [0.25, 0.3) is 0 Å². The van der Waals surface area contributed by atoms with Crippen LogP contribution in [0.4, 0.5) is 0 Å². The van der Waals surface area contributed by atoms with Gasteiger partial charge in [-0.3, -0.25) is 0 Å². The van der Waals surface area contributed by atoms with E-state index in [2.05, 4.69) is 5.32 Å². The predicted octanol–water partition coefficient (Wildman–Crippen LogP) is 2.37. The Kier molecular flexibility index (Phi) is 6.42. The van der Waals surface area contributed by atoms with E-state index in [1.807, 2.05) is 30.3 Å². The Hall–Kier alpha value is -1.02. The van der Waals surface area contributed by atoms with Gasteiger partial charge in [0.2, 0.25) is 0 Å². The highest BCUT2D eigenvalue weighted by atomic mass is 16.7. The van der Waals surface area contributed by atoms with Crippen molar-refractivity contribution in [3.8, 4) is 0 Å². The van der Waals surface area contributed by atoms with Gasteiger partial charge in [0.05, 0.1) is 12.6 Å². The molecule has 2 heterocycles. The van der Waals surface area contributed by atoms with Gasteiger partial charge in [-0.2, -0.15) is 0 Å². The zero-order valence-electron chi connectivity index (χ0n) is 16.0. The topological polar surface area (TPSA) is 69.2 Å². The van der Waals surface area contributed by atoms with Crippen LogP contribution in [0.3, 0.4) is 0 Å². The second-order valence-corrected chi connectivity index (χ2v) is 7.88. The minimum absolute atomic E-state index is 0.312. The number of methoxy groups -OCH3 is 1. The van der Waals surface area contributed by atoms with Gasteiger partial charge in [0.15, 0.2) is 12.6 Å². The van der Waals surface area contributed by atoms with Gasteiger partial charge in [-0.1, -0.05) is 49.6 Å². The van der Waals surface area contributed by atoms with Crippen molar-refractivity contribution in [1.82, 2.24) is 5.32 Å². The maximum absolute atomic E-state index is 11.1. The van der Waals surface area contributed by atoms with E-state index in [0.717, 1.165) is 12.1 Å². The van der Waals surface area contributed by atoms with Gasteiger partial charge in [0, 0.05) is 12.7 Å². The molecule has 0 unspecified atom stereocenters. The van der Waals surface area contributed by atoms with Crippen molar-refractivity contribution in [2.24, 2.45) is 5.92 Å². The third-order valence-electron chi connectivity index (χ3n) is 6.04. The van der Waals surface area contributed by atoms with Crippen molar-refractivity contribution in [3.05, 3.63) is 35.9 Å². The maximum atomic E-state index is 11.1. The highest BCUT2D eigenvalue weighted by molar-refractivity contribution is 5.16. The first kappa shape index (κ1) is 19.3. The quantitative estimate of drug-likeness (QED) is 0.821. The van der Waals surface area contributed by atoms with Crippen molar-refractivity contribution in [1.29, 1.82) is 0 Å². The summed E-state index contributed by atoms with van der Waals surface area (Å²) >= 11 is 0. The summed E-state index contributed by atoms with van der Waals surface area (Å²) in [6.07, 6.45) is 3.95. The summed E-state index contributed by atoms with van der Waals surface area (Å²) in [5.41, 5.74) is 0.948. The molecule has 1 aromatic rings. The Morgan fingerprint density at radius 2 is 1.89 bits per heavy atom. The average Bonchev–Trinajstić information content (AvgIpc) is 2.74. The van der Waals surface area contributed by atoms with E-state index in [9.17, 15) is 5.11 Å². The zero-order valence-corrected chi connectivity index (χ0v) is 16.0. The molecule has 150 valence electrons. The van der Waals surface area contributed by atoms with Crippen LogP contribution < -0.4 is 5.32 Å². The van der Waals surface area contributed by atoms with Crippen LogP contribution in [0.1, 0.15) is 44.0 Å². The molecule has 6 atom stereocenters. The third kappa shape index (κ3) is 4.36. The number of nitrogens with one attached hydrogen (secondary N) is 1. The molecule has 4 rings (SSSR count). The van der Waals surface area contributed by atoms with Crippen LogP contribution in [0.15, 0.2) is 30.3 Å². The summed E-state index contributed by atoms with van der Waals surface area (Å²) < 4.78 is 23.5. The Morgan fingerprint density at radius 1 is 1.11 bits per heavy atom. The normalized spacial score (nSPS) is 37.7. The maximum Gasteiger partial charge on any atom is 0.184 e. The van der Waals surface area contributed by atoms with E-state index < -0.39 is 24.8 Å². The van der Waals surface area contributed by atoms with Crippen molar-refractivity contribution in [2.45, 2.75) is 69.0 Å². The molecule has 2 N–H and O–H groups in total. The molecule has 6 heteroatoms. The molecular weight excluding hydrogens is 346 g/mol. The van der Waals surface area contributed by atoms with Gasteiger partial charge in [0.25, 0.3) is 0 Å². The van der Waals surface area contributed by atoms with Gasteiger partial charge in [0.1, 0.15) is 18.3 Å². The molecular formula is C21H31NO5. The predicted molar refractivity (Wildman–Crippen MR) is 100 cm³/mol. The molecule has 0 aromatic heterocycles. The lowest BCUT2D eigenvalue weighted by Gasteiger charge is -2.48. The Balaban J connectivity index is 1.41. The fourth-order valence-electron chi connectivity index (χ4n) is 4.48. The lowest BCUT2D eigenvalue weighted by atomic mass is 9.88. The molecule has 0 radical (unpaired) electrons. The van der Waals surface area contributed by atoms with Gasteiger partial charge < -0.3 is 29.4 Å². The van der Waals surface area contributed by atoms with Gasteiger partial charge >= 0.3 is 0 Å². The molecule has 1 saturated carbocycles. The van der Waals surface area contributed by atoms with Crippen LogP contribution in [0.5, 0.6) is 0 Å². The molecule has 27 heavy (non-hydrogen) atoms. The number of ether oxygens (including phenoxy) is 4. The van der Waals surface area contributed by atoms with E-state index >= 15 is 0 Å². The molecule has 2 aliphatic heterocycles. The number of benzene rings is 1. The first-order chi connectivity index (χ1) is 13.3. The van der Waals surface area contributed by atoms with Crippen LogP contribution in [0, 0.1) is 5.92 Å². The van der Waals surface area contributed by atoms with Crippen LogP contribution in [-0.2, 0) is 18.9 Å². The minimum atomic E-state index is -0.715. The Bertz CT molecular complexity index is 579. The van der Waals surface area contributed by atoms with Gasteiger partial charge in [-0.15, -0.1) is 0 Å². The lowest BCUT2D eigenvalue weighted by molar-refractivity contribution is -0.341. The Labute approximate surface area is 161 Å². The molecule has 3 fully saturated rings. The Morgan fingerprint density at radius 3 is 2.63 bits per heavy atom. The lowest BCUT2D eigenvalue weighted by Crippen LogP contribution is -2.66. The summed E-state index contributed by atoms with van der Waals surface area (Å²) in [5, 5.41) is 14.6. The number of fused-ring (bicyclic) bond motifs is 1.